The summed E-state index contributed by atoms with van der Waals surface area (Å²) in [5.74, 6) is -0.844. The number of esters is 1. The van der Waals surface area contributed by atoms with E-state index in [0.717, 1.165) is 29.8 Å². The second kappa shape index (κ2) is 7.43. The number of rotatable bonds is 6. The first kappa shape index (κ1) is 20.1. The minimum absolute atomic E-state index is 0.321. The summed E-state index contributed by atoms with van der Waals surface area (Å²) in [6.07, 6.45) is 1.71. The van der Waals surface area contributed by atoms with Gasteiger partial charge in [-0.3, -0.25) is 9.10 Å². The van der Waals surface area contributed by atoms with E-state index in [1.165, 1.54) is 4.31 Å². The zero-order valence-corrected chi connectivity index (χ0v) is 17.3. The van der Waals surface area contributed by atoms with Gasteiger partial charge >= 0.3 is 5.97 Å². The number of benzene rings is 1. The summed E-state index contributed by atoms with van der Waals surface area (Å²) in [6.45, 7) is 6.53. The molecule has 0 radical (unpaired) electrons. The summed E-state index contributed by atoms with van der Waals surface area (Å²) in [5, 5.41) is 0. The fourth-order valence-corrected chi connectivity index (χ4v) is 4.63. The van der Waals surface area contributed by atoms with Crippen LogP contribution in [0.15, 0.2) is 24.3 Å². The van der Waals surface area contributed by atoms with Crippen LogP contribution in [0.5, 0.6) is 0 Å². The summed E-state index contributed by atoms with van der Waals surface area (Å²) < 4.78 is 32.2. The molecule has 0 fully saturated rings. The first-order valence-electron chi connectivity index (χ1n) is 9.11. The minimum Gasteiger partial charge on any atom is -0.454 e. The Balaban J connectivity index is 1.70. The molecule has 28 heavy (non-hydrogen) atoms. The molecular formula is C20H24N2O5S. The summed E-state index contributed by atoms with van der Waals surface area (Å²) in [4.78, 5) is 24.8. The molecular weight excluding hydrogens is 380 g/mol. The second-order valence-corrected chi connectivity index (χ2v) is 8.86. The van der Waals surface area contributed by atoms with Crippen LogP contribution in [0.1, 0.15) is 44.6 Å². The zero-order valence-electron chi connectivity index (χ0n) is 16.5. The minimum atomic E-state index is -3.33. The van der Waals surface area contributed by atoms with Crippen LogP contribution in [0, 0.1) is 13.8 Å². The highest BCUT2D eigenvalue weighted by atomic mass is 32.2. The quantitative estimate of drug-likeness (QED) is 0.545. The molecule has 0 spiro atoms. The molecule has 1 aliphatic heterocycles. The second-order valence-electron chi connectivity index (χ2n) is 6.96. The SMILES string of the molecule is CCn1c(C)cc(C(=O)OCC(=O)c2ccc3c(c2)CCN3S(C)(=O)=O)c1C. The van der Waals surface area contributed by atoms with E-state index in [1.54, 1.807) is 24.3 Å². The van der Waals surface area contributed by atoms with Crippen LogP contribution in [0.4, 0.5) is 5.69 Å². The maximum absolute atomic E-state index is 12.5. The van der Waals surface area contributed by atoms with Gasteiger partial charge in [0.1, 0.15) is 0 Å². The van der Waals surface area contributed by atoms with E-state index in [9.17, 15) is 18.0 Å². The Labute approximate surface area is 165 Å². The Morgan fingerprint density at radius 2 is 1.89 bits per heavy atom. The van der Waals surface area contributed by atoms with Gasteiger partial charge in [0.25, 0.3) is 0 Å². The average molecular weight is 404 g/mol. The molecule has 0 bridgehead atoms. The number of sulfonamides is 1. The lowest BCUT2D eigenvalue weighted by molar-refractivity contribution is 0.0474. The van der Waals surface area contributed by atoms with Gasteiger partial charge in [0.2, 0.25) is 10.0 Å². The lowest BCUT2D eigenvalue weighted by Gasteiger charge is -2.16. The van der Waals surface area contributed by atoms with Gasteiger partial charge in [0.15, 0.2) is 12.4 Å². The molecule has 8 heteroatoms. The molecule has 0 saturated heterocycles. The van der Waals surface area contributed by atoms with Crippen molar-refractivity contribution in [2.45, 2.75) is 33.7 Å². The van der Waals surface area contributed by atoms with Gasteiger partial charge in [-0.25, -0.2) is 13.2 Å². The van der Waals surface area contributed by atoms with Crippen LogP contribution in [-0.2, 0) is 27.7 Å². The van der Waals surface area contributed by atoms with Crippen LogP contribution in [0.2, 0.25) is 0 Å². The highest BCUT2D eigenvalue weighted by Crippen LogP contribution is 2.30. The van der Waals surface area contributed by atoms with E-state index in [4.69, 9.17) is 4.74 Å². The van der Waals surface area contributed by atoms with Crippen LogP contribution >= 0.6 is 0 Å². The van der Waals surface area contributed by atoms with Gasteiger partial charge < -0.3 is 9.30 Å². The van der Waals surface area contributed by atoms with Crippen LogP contribution in [0.25, 0.3) is 0 Å². The van der Waals surface area contributed by atoms with Crippen molar-refractivity contribution in [3.63, 3.8) is 0 Å². The van der Waals surface area contributed by atoms with Crippen LogP contribution in [0.3, 0.4) is 0 Å². The van der Waals surface area contributed by atoms with E-state index >= 15 is 0 Å². The molecule has 3 rings (SSSR count). The van der Waals surface area contributed by atoms with Crippen molar-refractivity contribution in [3.8, 4) is 0 Å². The van der Waals surface area contributed by atoms with E-state index in [0.29, 0.717) is 29.8 Å². The van der Waals surface area contributed by atoms with Crippen molar-refractivity contribution in [3.05, 3.63) is 52.3 Å². The van der Waals surface area contributed by atoms with Crippen LogP contribution in [-0.4, -0.2) is 44.1 Å². The Morgan fingerprint density at radius 1 is 1.18 bits per heavy atom. The summed E-state index contributed by atoms with van der Waals surface area (Å²) in [5.41, 5.74) is 4.05. The topological polar surface area (TPSA) is 85.7 Å². The van der Waals surface area contributed by atoms with Crippen molar-refractivity contribution >= 4 is 27.5 Å². The van der Waals surface area contributed by atoms with Crippen molar-refractivity contribution in [2.75, 3.05) is 23.7 Å². The van der Waals surface area contributed by atoms with Gasteiger partial charge in [-0.05, 0) is 57.0 Å². The number of carbonyl (C=O) groups is 2. The van der Waals surface area contributed by atoms with E-state index in [-0.39, 0.29) is 12.4 Å². The number of fused-ring (bicyclic) bond motifs is 1. The van der Waals surface area contributed by atoms with Crippen LogP contribution < -0.4 is 4.31 Å². The number of ketones is 1. The predicted octanol–water partition coefficient (Wildman–Crippen LogP) is 2.49. The third-order valence-electron chi connectivity index (χ3n) is 5.10. The normalized spacial score (nSPS) is 13.5. The molecule has 1 aliphatic rings. The van der Waals surface area contributed by atoms with Gasteiger partial charge in [-0.1, -0.05) is 0 Å². The molecule has 0 unspecified atom stereocenters. The van der Waals surface area contributed by atoms with Gasteiger partial charge in [-0.15, -0.1) is 0 Å². The number of aryl methyl sites for hydroxylation is 1. The molecule has 150 valence electrons. The molecule has 0 aliphatic carbocycles. The number of Topliss-reactive ketones (excluding diaryl/α,β-unsaturated/α-hetero) is 1. The molecule has 0 N–H and O–H groups in total. The number of anilines is 1. The standard InChI is InChI=1S/C20H24N2O5S/c1-5-21-13(2)10-17(14(21)3)20(24)27-12-19(23)16-6-7-18-15(11-16)8-9-22(18)28(4,25)26/h6-7,10-11H,5,8-9,12H2,1-4H3. The van der Waals surface area contributed by atoms with E-state index in [1.807, 2.05) is 25.3 Å². The number of carbonyl (C=O) groups excluding carboxylic acids is 2. The Hall–Kier alpha value is -2.61. The smallest absolute Gasteiger partial charge is 0.340 e. The largest absolute Gasteiger partial charge is 0.454 e. The molecule has 0 amide bonds. The molecule has 0 saturated carbocycles. The first-order chi connectivity index (χ1) is 13.1. The number of nitrogens with zero attached hydrogens (tertiary/aromatic N) is 2. The number of hydrogen-bond donors (Lipinski definition) is 0. The summed E-state index contributed by atoms with van der Waals surface area (Å²) in [6, 6.07) is 6.65. The Bertz CT molecular complexity index is 1050. The van der Waals surface area contributed by atoms with Gasteiger partial charge in [0.05, 0.1) is 17.5 Å². The highest BCUT2D eigenvalue weighted by molar-refractivity contribution is 7.92. The Kier molecular flexibility index (Phi) is 5.34. The highest BCUT2D eigenvalue weighted by Gasteiger charge is 2.27. The molecule has 2 heterocycles. The average Bonchev–Trinajstić information content (AvgIpc) is 3.19. The van der Waals surface area contributed by atoms with Crippen molar-refractivity contribution in [1.82, 2.24) is 4.57 Å². The molecule has 7 nitrogen and oxygen atoms in total. The monoisotopic (exact) mass is 404 g/mol. The van der Waals surface area contributed by atoms with Gasteiger partial charge in [-0.2, -0.15) is 0 Å². The van der Waals surface area contributed by atoms with Gasteiger partial charge in [0, 0.05) is 30.0 Å². The summed E-state index contributed by atoms with van der Waals surface area (Å²) >= 11 is 0. The fourth-order valence-electron chi connectivity index (χ4n) is 3.68. The lowest BCUT2D eigenvalue weighted by atomic mass is 10.1. The summed E-state index contributed by atoms with van der Waals surface area (Å²) in [7, 11) is -3.33. The molecule has 1 aromatic carbocycles. The van der Waals surface area contributed by atoms with E-state index < -0.39 is 16.0 Å². The van der Waals surface area contributed by atoms with E-state index in [2.05, 4.69) is 0 Å². The first-order valence-corrected chi connectivity index (χ1v) is 11.0. The molecule has 2 aromatic rings. The zero-order chi connectivity index (χ0) is 20.6. The number of hydrogen-bond acceptors (Lipinski definition) is 5. The lowest BCUT2D eigenvalue weighted by Crippen LogP contribution is -2.27. The number of aromatic nitrogens is 1. The third-order valence-corrected chi connectivity index (χ3v) is 6.28. The predicted molar refractivity (Wildman–Crippen MR) is 107 cm³/mol. The van der Waals surface area contributed by atoms with Crippen molar-refractivity contribution in [1.29, 1.82) is 0 Å². The third kappa shape index (κ3) is 3.69. The molecule has 1 aromatic heterocycles. The Morgan fingerprint density at radius 3 is 2.50 bits per heavy atom. The maximum Gasteiger partial charge on any atom is 0.340 e. The number of ether oxygens (including phenoxy) is 1. The molecule has 0 atom stereocenters. The maximum atomic E-state index is 12.5. The fraction of sp³-hybridized carbons (Fsp3) is 0.400. The van der Waals surface area contributed by atoms with Crippen molar-refractivity contribution < 1.29 is 22.7 Å². The van der Waals surface area contributed by atoms with Crippen molar-refractivity contribution in [2.24, 2.45) is 0 Å².